The standard InChI is InChI=1S/C57H35N7/c1-9-26-44-36(18-1)37-19-2-10-27-45(37)61(44)52-34-17-35-53(62-46-28-11-3-20-38(46)39-21-4-12-29-47(39)62)54(52)55-58-56(63-48-30-13-5-22-40(48)41-23-6-14-31-49(41)63)60-57(59-55)64-50-32-15-7-24-42(50)43-25-8-16-33-51(43)64/h1-35H/i1D,2D,3D,4D,9D,10D,11D,12D,18D,19D,20D,21D,26D,27D,28D,29D. The third-order valence-corrected chi connectivity index (χ3v) is 12.0. The molecule has 5 heterocycles. The van der Waals surface area contributed by atoms with E-state index in [0.29, 0.717) is 22.1 Å². The first-order chi connectivity index (χ1) is 38.4. The van der Waals surface area contributed by atoms with Gasteiger partial charge in [-0.2, -0.15) is 15.0 Å². The summed E-state index contributed by atoms with van der Waals surface area (Å²) in [5.41, 5.74) is 1.49. The number of rotatable bonds is 5. The highest BCUT2D eigenvalue weighted by Crippen LogP contribution is 2.42. The van der Waals surface area contributed by atoms with Crippen molar-refractivity contribution >= 4 is 87.2 Å². The fraction of sp³-hybridized carbons (Fsp3) is 0. The molecule has 298 valence electrons. The predicted octanol–water partition coefficient (Wildman–Crippen LogP) is 13.9. The molecular weight excluding hydrogens is 783 g/mol. The quantitative estimate of drug-likeness (QED) is 0.174. The van der Waals surface area contributed by atoms with E-state index in [1.54, 1.807) is 0 Å². The fourth-order valence-electron chi connectivity index (χ4n) is 9.40. The number of hydrogen-bond acceptors (Lipinski definition) is 3. The monoisotopic (exact) mass is 833 g/mol. The Morgan fingerprint density at radius 1 is 0.281 bits per heavy atom. The minimum atomic E-state index is -0.684. The van der Waals surface area contributed by atoms with Crippen LogP contribution < -0.4 is 0 Å². The fourth-order valence-corrected chi connectivity index (χ4v) is 9.40. The van der Waals surface area contributed by atoms with E-state index in [2.05, 4.69) is 0 Å². The van der Waals surface area contributed by atoms with Gasteiger partial charge in [0.2, 0.25) is 11.9 Å². The maximum Gasteiger partial charge on any atom is 0.240 e. The molecule has 64 heavy (non-hydrogen) atoms. The zero-order valence-corrected chi connectivity index (χ0v) is 33.1. The van der Waals surface area contributed by atoms with Crippen molar-refractivity contribution < 1.29 is 21.9 Å². The van der Waals surface area contributed by atoms with Crippen molar-refractivity contribution in [3.63, 3.8) is 0 Å². The summed E-state index contributed by atoms with van der Waals surface area (Å²) < 4.78 is 153. The van der Waals surface area contributed by atoms with Crippen molar-refractivity contribution in [3.8, 4) is 34.7 Å². The van der Waals surface area contributed by atoms with Crippen molar-refractivity contribution in [2.75, 3.05) is 0 Å². The van der Waals surface area contributed by atoms with E-state index in [1.165, 1.54) is 27.3 Å². The molecular formula is C57H35N7. The Kier molecular flexibility index (Phi) is 4.77. The number of nitrogens with zero attached hydrogens (tertiary/aromatic N) is 7. The van der Waals surface area contributed by atoms with Gasteiger partial charge in [0.1, 0.15) is 0 Å². The molecule has 7 nitrogen and oxygen atoms in total. The van der Waals surface area contributed by atoms with Gasteiger partial charge >= 0.3 is 0 Å². The summed E-state index contributed by atoms with van der Waals surface area (Å²) in [4.78, 5) is 16.0. The summed E-state index contributed by atoms with van der Waals surface area (Å²) in [6, 6.07) is 25.0. The summed E-state index contributed by atoms with van der Waals surface area (Å²) in [6.45, 7) is 0. The second-order valence-electron chi connectivity index (χ2n) is 15.2. The summed E-state index contributed by atoms with van der Waals surface area (Å²) in [5, 5.41) is 2.48. The van der Waals surface area contributed by atoms with Crippen molar-refractivity contribution in [1.82, 2.24) is 33.2 Å². The van der Waals surface area contributed by atoms with Gasteiger partial charge in [0, 0.05) is 43.1 Å². The van der Waals surface area contributed by atoms with Crippen LogP contribution in [0.1, 0.15) is 21.9 Å². The molecule has 0 N–H and O–H groups in total. The van der Waals surface area contributed by atoms with Gasteiger partial charge in [0.25, 0.3) is 0 Å². The lowest BCUT2D eigenvalue weighted by molar-refractivity contribution is 0.890. The third-order valence-electron chi connectivity index (χ3n) is 12.0. The lowest BCUT2D eigenvalue weighted by Crippen LogP contribution is -2.12. The van der Waals surface area contributed by atoms with Crippen LogP contribution in [0.4, 0.5) is 0 Å². The van der Waals surface area contributed by atoms with E-state index in [0.717, 1.165) is 21.5 Å². The van der Waals surface area contributed by atoms with Crippen LogP contribution in [0, 0.1) is 0 Å². The molecule has 14 aromatic rings. The largest absolute Gasteiger partial charge is 0.308 e. The smallest absolute Gasteiger partial charge is 0.240 e. The maximum absolute atomic E-state index is 9.59. The lowest BCUT2D eigenvalue weighted by atomic mass is 10.1. The SMILES string of the molecule is [2H]c1c([2H])c([2H])c2c(c1[2H])c1c([2H])c([2H])c([2H])c([2H])c1n2-c1cccc(-n2c3c([2H])c([2H])c([2H])c([2H])c3c3c([2H])c([2H])c([2H])c([2H])c32)c1-c1nc(-n2c3ccccc3c3ccccc32)nc(-n2c3ccccc3c3ccccc32)n1. The molecule has 0 aliphatic heterocycles. The van der Waals surface area contributed by atoms with Gasteiger partial charge in [-0.1, -0.05) is 151 Å². The highest BCUT2D eigenvalue weighted by atomic mass is 15.3. The summed E-state index contributed by atoms with van der Waals surface area (Å²) >= 11 is 0. The van der Waals surface area contributed by atoms with Gasteiger partial charge in [-0.3, -0.25) is 9.13 Å². The Bertz CT molecular complexity index is 4600. The van der Waals surface area contributed by atoms with Gasteiger partial charge < -0.3 is 9.13 Å². The Morgan fingerprint density at radius 3 is 0.938 bits per heavy atom. The number of benzene rings is 9. The molecule has 0 radical (unpaired) electrons. The van der Waals surface area contributed by atoms with E-state index in [1.807, 2.05) is 106 Å². The van der Waals surface area contributed by atoms with Crippen molar-refractivity contribution in [1.29, 1.82) is 0 Å². The van der Waals surface area contributed by atoms with Crippen LogP contribution in [0.25, 0.3) is 122 Å². The highest BCUT2D eigenvalue weighted by molar-refractivity contribution is 6.13. The van der Waals surface area contributed by atoms with Gasteiger partial charge in [-0.25, -0.2) is 0 Å². The zero-order valence-electron chi connectivity index (χ0n) is 49.1. The molecule has 0 amide bonds. The summed E-state index contributed by atoms with van der Waals surface area (Å²) in [6.07, 6.45) is 0. The maximum atomic E-state index is 9.59. The molecule has 0 fully saturated rings. The minimum Gasteiger partial charge on any atom is -0.308 e. The number of para-hydroxylation sites is 8. The van der Waals surface area contributed by atoms with E-state index < -0.39 is 96.7 Å². The van der Waals surface area contributed by atoms with E-state index in [-0.39, 0.29) is 78.3 Å². The molecule has 0 aliphatic rings. The second-order valence-corrected chi connectivity index (χ2v) is 15.2. The molecule has 0 aliphatic carbocycles. The van der Waals surface area contributed by atoms with Gasteiger partial charge in [0.15, 0.2) is 5.82 Å². The molecule has 0 saturated carbocycles. The number of aromatic nitrogens is 7. The summed E-state index contributed by atoms with van der Waals surface area (Å²) in [7, 11) is 0. The molecule has 0 unspecified atom stereocenters. The number of hydrogen-bond donors (Lipinski definition) is 0. The zero-order chi connectivity index (χ0) is 55.8. The van der Waals surface area contributed by atoms with Crippen LogP contribution in [-0.4, -0.2) is 33.2 Å². The van der Waals surface area contributed by atoms with Crippen LogP contribution >= 0.6 is 0 Å². The topological polar surface area (TPSA) is 58.4 Å². The molecule has 5 aromatic heterocycles. The average Bonchev–Trinajstić information content (AvgIpc) is 4.40. The molecule has 14 rings (SSSR count). The van der Waals surface area contributed by atoms with Crippen LogP contribution in [0.3, 0.4) is 0 Å². The van der Waals surface area contributed by atoms with E-state index in [9.17, 15) is 11.0 Å². The van der Waals surface area contributed by atoms with Crippen molar-refractivity contribution in [2.24, 2.45) is 0 Å². The molecule has 0 spiro atoms. The van der Waals surface area contributed by atoms with Crippen LogP contribution in [0.5, 0.6) is 0 Å². The van der Waals surface area contributed by atoms with E-state index >= 15 is 0 Å². The van der Waals surface area contributed by atoms with Gasteiger partial charge in [-0.05, 0) is 60.6 Å². The lowest BCUT2D eigenvalue weighted by Gasteiger charge is -2.20. The molecule has 0 saturated heterocycles. The van der Waals surface area contributed by atoms with E-state index in [4.69, 9.17) is 25.9 Å². The van der Waals surface area contributed by atoms with Crippen LogP contribution in [-0.2, 0) is 0 Å². The first-order valence-electron chi connectivity index (χ1n) is 28.3. The summed E-state index contributed by atoms with van der Waals surface area (Å²) in [5.74, 6) is -0.0723. The first kappa shape index (κ1) is 22.9. The minimum absolute atomic E-state index is 0.0575. The Balaban J connectivity index is 1.27. The average molecular weight is 834 g/mol. The number of fused-ring (bicyclic) bond motifs is 12. The van der Waals surface area contributed by atoms with Gasteiger partial charge in [0.05, 0.1) is 83.0 Å². The second kappa shape index (κ2) is 13.3. The predicted molar refractivity (Wildman–Crippen MR) is 263 cm³/mol. The van der Waals surface area contributed by atoms with Crippen LogP contribution in [0.15, 0.2) is 212 Å². The first-order valence-corrected chi connectivity index (χ1v) is 20.3. The molecule has 7 heteroatoms. The normalized spacial score (nSPS) is 15.6. The van der Waals surface area contributed by atoms with Crippen molar-refractivity contribution in [3.05, 3.63) is 212 Å². The molecule has 0 bridgehead atoms. The van der Waals surface area contributed by atoms with Crippen LogP contribution in [0.2, 0.25) is 0 Å². The Hall–Kier alpha value is -8.81. The Labute approximate surface area is 388 Å². The molecule has 0 atom stereocenters. The van der Waals surface area contributed by atoms with Gasteiger partial charge in [-0.15, -0.1) is 0 Å². The highest BCUT2D eigenvalue weighted by Gasteiger charge is 2.26. The molecule has 9 aromatic carbocycles. The third kappa shape index (κ3) is 4.83. The van der Waals surface area contributed by atoms with Crippen molar-refractivity contribution in [2.45, 2.75) is 0 Å². The Morgan fingerprint density at radius 2 is 0.594 bits per heavy atom.